The van der Waals surface area contributed by atoms with Crippen molar-refractivity contribution in [2.24, 2.45) is 5.73 Å². The van der Waals surface area contributed by atoms with Crippen LogP contribution in [-0.4, -0.2) is 34.6 Å². The molecule has 2 heterocycles. The minimum absolute atomic E-state index is 0.110. The lowest BCUT2D eigenvalue weighted by Gasteiger charge is -2.12. The Morgan fingerprint density at radius 1 is 1.36 bits per heavy atom. The number of aryl methyl sites for hydroxylation is 1. The fourth-order valence-corrected chi connectivity index (χ4v) is 2.66. The number of halogens is 1. The first-order valence-electron chi connectivity index (χ1n) is 8.36. The van der Waals surface area contributed by atoms with Crippen LogP contribution in [0.5, 0.6) is 5.75 Å². The number of pyridine rings is 1. The highest BCUT2D eigenvalue weighted by Gasteiger charge is 2.23. The number of hydrogen-bond acceptors (Lipinski definition) is 6. The number of primary amides is 1. The number of ether oxygens (including phenoxy) is 1. The van der Waals surface area contributed by atoms with Gasteiger partial charge in [-0.05, 0) is 37.3 Å². The average molecular weight is 387 g/mol. The number of aromatic nitrogens is 1. The second-order valence-corrected chi connectivity index (χ2v) is 6.06. The van der Waals surface area contributed by atoms with Gasteiger partial charge in [-0.15, -0.1) is 0 Å². The van der Waals surface area contributed by atoms with E-state index in [4.69, 9.17) is 14.9 Å². The molecule has 2 amide bonds. The van der Waals surface area contributed by atoms with Crippen molar-refractivity contribution >= 4 is 22.8 Å². The van der Waals surface area contributed by atoms with Gasteiger partial charge < -0.3 is 25.3 Å². The largest absolute Gasteiger partial charge is 0.487 e. The Morgan fingerprint density at radius 3 is 2.79 bits per heavy atom. The number of carbonyl (C=O) groups excluding carboxylic acids is 2. The van der Waals surface area contributed by atoms with E-state index in [1.807, 2.05) is 0 Å². The molecular weight excluding hydrogens is 369 g/mol. The van der Waals surface area contributed by atoms with Crippen molar-refractivity contribution in [1.29, 1.82) is 0 Å². The van der Waals surface area contributed by atoms with Gasteiger partial charge in [0, 0.05) is 5.39 Å². The molecule has 0 aliphatic heterocycles. The number of aliphatic hydroxyl groups is 1. The van der Waals surface area contributed by atoms with E-state index in [0.717, 1.165) is 6.20 Å². The third kappa shape index (κ3) is 4.09. The minimum Gasteiger partial charge on any atom is -0.487 e. The number of rotatable bonds is 7. The summed E-state index contributed by atoms with van der Waals surface area (Å²) in [6.07, 6.45) is 1.10. The minimum atomic E-state index is -1.21. The van der Waals surface area contributed by atoms with Crippen LogP contribution in [0.1, 0.15) is 21.8 Å². The van der Waals surface area contributed by atoms with Crippen molar-refractivity contribution in [1.82, 2.24) is 10.3 Å². The third-order valence-corrected chi connectivity index (χ3v) is 4.07. The highest BCUT2D eigenvalue weighted by Crippen LogP contribution is 2.29. The maximum absolute atomic E-state index is 12.9. The van der Waals surface area contributed by atoms with Crippen LogP contribution in [0.25, 0.3) is 11.0 Å². The summed E-state index contributed by atoms with van der Waals surface area (Å²) < 4.78 is 24.1. The van der Waals surface area contributed by atoms with Gasteiger partial charge in [0.05, 0.1) is 24.1 Å². The molecule has 0 spiro atoms. The molecule has 0 aliphatic carbocycles. The first kappa shape index (κ1) is 19.3. The topological polar surface area (TPSA) is 128 Å². The molecule has 0 bridgehead atoms. The van der Waals surface area contributed by atoms with Gasteiger partial charge in [-0.25, -0.2) is 4.39 Å². The quantitative estimate of drug-likeness (QED) is 0.563. The van der Waals surface area contributed by atoms with Crippen LogP contribution in [0.2, 0.25) is 0 Å². The fourth-order valence-electron chi connectivity index (χ4n) is 2.66. The summed E-state index contributed by atoms with van der Waals surface area (Å²) in [5.74, 6) is -1.11. The SMILES string of the molecule is Cc1oc2ccc(OCc3ccc(F)cn3)cc2c1C(=O)N[C@@H](CO)C(N)=O. The molecule has 8 nitrogen and oxygen atoms in total. The predicted molar refractivity (Wildman–Crippen MR) is 97.0 cm³/mol. The summed E-state index contributed by atoms with van der Waals surface area (Å²) in [4.78, 5) is 27.7. The third-order valence-electron chi connectivity index (χ3n) is 4.07. The molecule has 0 aliphatic rings. The number of carbonyl (C=O) groups is 2. The van der Waals surface area contributed by atoms with Crippen LogP contribution in [0.3, 0.4) is 0 Å². The summed E-state index contributed by atoms with van der Waals surface area (Å²) in [6.45, 7) is 1.10. The molecule has 3 rings (SSSR count). The maximum Gasteiger partial charge on any atom is 0.256 e. The molecule has 0 unspecified atom stereocenters. The van der Waals surface area contributed by atoms with E-state index in [1.165, 1.54) is 12.1 Å². The lowest BCUT2D eigenvalue weighted by molar-refractivity contribution is -0.120. The Hall–Kier alpha value is -3.46. The number of nitrogens with one attached hydrogen (secondary N) is 1. The van der Waals surface area contributed by atoms with E-state index in [2.05, 4.69) is 10.3 Å². The number of amides is 2. The molecule has 1 atom stereocenters. The molecular formula is C19H18FN3O5. The number of aliphatic hydroxyl groups excluding tert-OH is 1. The van der Waals surface area contributed by atoms with Crippen molar-refractivity contribution in [3.05, 3.63) is 59.4 Å². The number of fused-ring (bicyclic) bond motifs is 1. The summed E-state index contributed by atoms with van der Waals surface area (Å²) >= 11 is 0. The zero-order valence-electron chi connectivity index (χ0n) is 14.9. The molecule has 28 heavy (non-hydrogen) atoms. The van der Waals surface area contributed by atoms with Crippen LogP contribution in [-0.2, 0) is 11.4 Å². The second kappa shape index (κ2) is 8.05. The van der Waals surface area contributed by atoms with E-state index in [0.29, 0.717) is 28.2 Å². The molecule has 0 saturated carbocycles. The van der Waals surface area contributed by atoms with Crippen molar-refractivity contribution in [2.45, 2.75) is 19.6 Å². The van der Waals surface area contributed by atoms with Gasteiger partial charge in [0.1, 0.15) is 35.6 Å². The zero-order chi connectivity index (χ0) is 20.3. The molecule has 0 radical (unpaired) electrons. The maximum atomic E-state index is 12.9. The van der Waals surface area contributed by atoms with Crippen molar-refractivity contribution in [2.75, 3.05) is 6.61 Å². The van der Waals surface area contributed by atoms with Crippen LogP contribution >= 0.6 is 0 Å². The van der Waals surface area contributed by atoms with Crippen molar-refractivity contribution < 1.29 is 28.2 Å². The van der Waals surface area contributed by atoms with Crippen molar-refractivity contribution in [3.63, 3.8) is 0 Å². The summed E-state index contributed by atoms with van der Waals surface area (Å²) in [7, 11) is 0. The van der Waals surface area contributed by atoms with Crippen LogP contribution in [0.15, 0.2) is 40.9 Å². The Bertz CT molecular complexity index is 1020. The molecule has 146 valence electrons. The summed E-state index contributed by atoms with van der Waals surface area (Å²) in [5, 5.41) is 12.0. The molecule has 1 aromatic carbocycles. The zero-order valence-corrected chi connectivity index (χ0v) is 14.9. The molecule has 9 heteroatoms. The van der Waals surface area contributed by atoms with Crippen molar-refractivity contribution in [3.8, 4) is 5.75 Å². The highest BCUT2D eigenvalue weighted by atomic mass is 19.1. The lowest BCUT2D eigenvalue weighted by atomic mass is 10.1. The number of benzene rings is 1. The number of nitrogens with zero attached hydrogens (tertiary/aromatic N) is 1. The lowest BCUT2D eigenvalue weighted by Crippen LogP contribution is -2.46. The number of nitrogens with two attached hydrogens (primary N) is 1. The fraction of sp³-hybridized carbons (Fsp3) is 0.211. The van der Waals surface area contributed by atoms with E-state index >= 15 is 0 Å². The average Bonchev–Trinajstić information content (AvgIpc) is 3.00. The normalized spacial score (nSPS) is 12.0. The Morgan fingerprint density at radius 2 is 2.14 bits per heavy atom. The molecule has 3 aromatic rings. The van der Waals surface area contributed by atoms with E-state index in [1.54, 1.807) is 25.1 Å². The van der Waals surface area contributed by atoms with Gasteiger partial charge >= 0.3 is 0 Å². The smallest absolute Gasteiger partial charge is 0.256 e. The number of hydrogen-bond donors (Lipinski definition) is 3. The van der Waals surface area contributed by atoms with Crippen LogP contribution < -0.4 is 15.8 Å². The van der Waals surface area contributed by atoms with E-state index < -0.39 is 30.3 Å². The highest BCUT2D eigenvalue weighted by molar-refractivity contribution is 6.08. The number of furan rings is 1. The van der Waals surface area contributed by atoms with Gasteiger partial charge in [-0.1, -0.05) is 0 Å². The van der Waals surface area contributed by atoms with E-state index in [9.17, 15) is 19.1 Å². The van der Waals surface area contributed by atoms with Gasteiger partial charge in [-0.2, -0.15) is 0 Å². The predicted octanol–water partition coefficient (Wildman–Crippen LogP) is 1.43. The Labute approximate surface area is 159 Å². The standard InChI is InChI=1S/C19H18FN3O5/c1-10-17(19(26)23-15(8-24)18(21)25)14-6-13(4-5-16(14)28-10)27-9-12-3-2-11(20)7-22-12/h2-7,15,24H,8-9H2,1H3,(H2,21,25)(H,23,26)/t15-/m0/s1. The van der Waals surface area contributed by atoms with Crippen LogP contribution in [0.4, 0.5) is 4.39 Å². The van der Waals surface area contributed by atoms with Gasteiger partial charge in [0.15, 0.2) is 0 Å². The summed E-state index contributed by atoms with van der Waals surface area (Å²) in [5.41, 5.74) is 6.34. The first-order chi connectivity index (χ1) is 13.4. The van der Waals surface area contributed by atoms with Gasteiger partial charge in [0.2, 0.25) is 5.91 Å². The molecule has 4 N–H and O–H groups in total. The summed E-state index contributed by atoms with van der Waals surface area (Å²) in [6, 6.07) is 6.50. The van der Waals surface area contributed by atoms with E-state index in [-0.39, 0.29) is 12.2 Å². The molecule has 2 aromatic heterocycles. The monoisotopic (exact) mass is 387 g/mol. The van der Waals surface area contributed by atoms with Gasteiger partial charge in [-0.3, -0.25) is 14.6 Å². The van der Waals surface area contributed by atoms with Crippen LogP contribution in [0, 0.1) is 12.7 Å². The molecule has 0 fully saturated rings. The van der Waals surface area contributed by atoms with Gasteiger partial charge in [0.25, 0.3) is 5.91 Å². The Balaban J connectivity index is 1.84. The Kier molecular flexibility index (Phi) is 5.55. The molecule has 0 saturated heterocycles. The second-order valence-electron chi connectivity index (χ2n) is 6.06. The first-order valence-corrected chi connectivity index (χ1v) is 8.36.